The summed E-state index contributed by atoms with van der Waals surface area (Å²) in [4.78, 5) is 35.9. The van der Waals surface area contributed by atoms with Gasteiger partial charge in [0.05, 0.1) is 0 Å². The minimum absolute atomic E-state index is 0.0292. The van der Waals surface area contributed by atoms with Gasteiger partial charge >= 0.3 is 12.1 Å². The largest absolute Gasteiger partial charge is 0.480 e. The SMILES string of the molecule is CC(C)(C)OC(=O)N[C@H]1CC[C@@H](C(=O)N[C@@H](Cc2ccccc2)C(=O)O)CC1. The van der Waals surface area contributed by atoms with Crippen molar-refractivity contribution in [3.05, 3.63) is 35.9 Å². The molecule has 7 nitrogen and oxygen atoms in total. The number of ether oxygens (including phenoxy) is 1. The molecule has 0 unspecified atom stereocenters. The van der Waals surface area contributed by atoms with E-state index in [0.717, 1.165) is 5.56 Å². The van der Waals surface area contributed by atoms with Crippen molar-refractivity contribution in [2.75, 3.05) is 0 Å². The van der Waals surface area contributed by atoms with Crippen molar-refractivity contribution in [2.24, 2.45) is 5.92 Å². The van der Waals surface area contributed by atoms with Crippen molar-refractivity contribution >= 4 is 18.0 Å². The third-order valence-electron chi connectivity index (χ3n) is 4.72. The Labute approximate surface area is 165 Å². The fraction of sp³-hybridized carbons (Fsp3) is 0.571. The minimum atomic E-state index is -1.04. The molecule has 1 aliphatic carbocycles. The van der Waals surface area contributed by atoms with Crippen LogP contribution in [-0.4, -0.2) is 40.8 Å². The summed E-state index contributed by atoms with van der Waals surface area (Å²) in [7, 11) is 0. The summed E-state index contributed by atoms with van der Waals surface area (Å²) in [6, 6.07) is 8.25. The van der Waals surface area contributed by atoms with Crippen molar-refractivity contribution in [1.29, 1.82) is 0 Å². The van der Waals surface area contributed by atoms with E-state index in [0.29, 0.717) is 25.7 Å². The Hall–Kier alpha value is -2.57. The van der Waals surface area contributed by atoms with Crippen LogP contribution in [0.2, 0.25) is 0 Å². The van der Waals surface area contributed by atoms with Crippen LogP contribution in [0.1, 0.15) is 52.0 Å². The van der Waals surface area contributed by atoms with Crippen molar-refractivity contribution in [1.82, 2.24) is 10.6 Å². The molecule has 0 heterocycles. The molecule has 2 amide bonds. The second-order valence-corrected chi connectivity index (χ2v) is 8.28. The van der Waals surface area contributed by atoms with Crippen LogP contribution >= 0.6 is 0 Å². The number of hydrogen-bond donors (Lipinski definition) is 3. The predicted molar refractivity (Wildman–Crippen MR) is 105 cm³/mol. The monoisotopic (exact) mass is 390 g/mol. The number of nitrogens with one attached hydrogen (secondary N) is 2. The first-order valence-corrected chi connectivity index (χ1v) is 9.70. The maximum atomic E-state index is 12.5. The van der Waals surface area contributed by atoms with Gasteiger partial charge < -0.3 is 20.5 Å². The van der Waals surface area contributed by atoms with Gasteiger partial charge in [0.25, 0.3) is 0 Å². The third kappa shape index (κ3) is 7.21. The van der Waals surface area contributed by atoms with Crippen molar-refractivity contribution < 1.29 is 24.2 Å². The van der Waals surface area contributed by atoms with E-state index in [1.807, 2.05) is 51.1 Å². The first kappa shape index (κ1) is 21.7. The fourth-order valence-corrected chi connectivity index (χ4v) is 3.31. The zero-order valence-electron chi connectivity index (χ0n) is 16.7. The maximum Gasteiger partial charge on any atom is 0.407 e. The van der Waals surface area contributed by atoms with Gasteiger partial charge in [-0.25, -0.2) is 9.59 Å². The molecule has 1 fully saturated rings. The first-order chi connectivity index (χ1) is 13.1. The van der Waals surface area contributed by atoms with Crippen LogP contribution in [0.15, 0.2) is 30.3 Å². The number of carboxylic acids is 1. The summed E-state index contributed by atoms with van der Waals surface area (Å²) < 4.78 is 5.26. The van der Waals surface area contributed by atoms with E-state index in [-0.39, 0.29) is 24.3 Å². The number of alkyl carbamates (subject to hydrolysis) is 1. The van der Waals surface area contributed by atoms with Crippen LogP contribution < -0.4 is 10.6 Å². The first-order valence-electron chi connectivity index (χ1n) is 9.70. The quantitative estimate of drug-likeness (QED) is 0.693. The molecular weight excluding hydrogens is 360 g/mol. The minimum Gasteiger partial charge on any atom is -0.480 e. The molecule has 28 heavy (non-hydrogen) atoms. The predicted octanol–water partition coefficient (Wildman–Crippen LogP) is 2.88. The number of hydrogen-bond acceptors (Lipinski definition) is 4. The Bertz CT molecular complexity index is 676. The topological polar surface area (TPSA) is 105 Å². The van der Waals surface area contributed by atoms with E-state index in [1.54, 1.807) is 0 Å². The standard InChI is InChI=1S/C21H30N2O5/c1-21(2,3)28-20(27)22-16-11-9-15(10-12-16)18(24)23-17(19(25)26)13-14-7-5-4-6-8-14/h4-8,15-17H,9-13H2,1-3H3,(H,22,27)(H,23,24)(H,25,26)/t15-,16+,17-/m0/s1. The smallest absolute Gasteiger partial charge is 0.407 e. The molecular formula is C21H30N2O5. The van der Waals surface area contributed by atoms with Gasteiger partial charge in [-0.3, -0.25) is 4.79 Å². The normalized spacial score (nSPS) is 20.7. The molecule has 1 atom stereocenters. The fourth-order valence-electron chi connectivity index (χ4n) is 3.31. The number of amides is 2. The number of carbonyl (C=O) groups excluding carboxylic acids is 2. The van der Waals surface area contributed by atoms with E-state index in [2.05, 4.69) is 10.6 Å². The summed E-state index contributed by atoms with van der Waals surface area (Å²) >= 11 is 0. The third-order valence-corrected chi connectivity index (χ3v) is 4.72. The van der Waals surface area contributed by atoms with E-state index < -0.39 is 23.7 Å². The number of carbonyl (C=O) groups is 3. The molecule has 0 aromatic heterocycles. The van der Waals surface area contributed by atoms with Gasteiger partial charge in [0.2, 0.25) is 5.91 Å². The molecule has 1 saturated carbocycles. The van der Waals surface area contributed by atoms with Gasteiger partial charge in [-0.2, -0.15) is 0 Å². The number of aliphatic carboxylic acids is 1. The van der Waals surface area contributed by atoms with E-state index in [1.165, 1.54) is 0 Å². The Balaban J connectivity index is 1.81. The molecule has 7 heteroatoms. The zero-order valence-corrected chi connectivity index (χ0v) is 16.7. The summed E-state index contributed by atoms with van der Waals surface area (Å²) in [5, 5.41) is 15.0. The Morgan fingerprint density at radius 2 is 1.71 bits per heavy atom. The van der Waals surface area contributed by atoms with E-state index in [4.69, 9.17) is 4.74 Å². The molecule has 1 aromatic rings. The lowest BCUT2D eigenvalue weighted by molar-refractivity contribution is -0.142. The van der Waals surface area contributed by atoms with E-state index in [9.17, 15) is 19.5 Å². The van der Waals surface area contributed by atoms with E-state index >= 15 is 0 Å². The Morgan fingerprint density at radius 3 is 2.25 bits per heavy atom. The molecule has 3 N–H and O–H groups in total. The molecule has 2 rings (SSSR count). The molecule has 0 spiro atoms. The van der Waals surface area contributed by atoms with Gasteiger partial charge in [-0.1, -0.05) is 30.3 Å². The summed E-state index contributed by atoms with van der Waals surface area (Å²) in [5.74, 6) is -1.52. The molecule has 0 bridgehead atoms. The van der Waals surface area contributed by atoms with Gasteiger partial charge in [0.15, 0.2) is 0 Å². The summed E-state index contributed by atoms with van der Waals surface area (Å²) in [6.45, 7) is 5.42. The molecule has 154 valence electrons. The molecule has 1 aliphatic rings. The highest BCUT2D eigenvalue weighted by atomic mass is 16.6. The molecule has 0 aliphatic heterocycles. The Kier molecular flexibility index (Phi) is 7.43. The summed E-state index contributed by atoms with van der Waals surface area (Å²) in [6.07, 6.45) is 2.32. The number of rotatable bonds is 6. The van der Waals surface area contributed by atoms with Crippen LogP contribution in [-0.2, 0) is 20.7 Å². The average molecular weight is 390 g/mol. The summed E-state index contributed by atoms with van der Waals surface area (Å²) in [5.41, 5.74) is 0.312. The van der Waals surface area contributed by atoms with Gasteiger partial charge in [0, 0.05) is 18.4 Å². The van der Waals surface area contributed by atoms with Crippen LogP contribution in [0.5, 0.6) is 0 Å². The molecule has 0 saturated heterocycles. The van der Waals surface area contributed by atoms with Crippen molar-refractivity contribution in [3.63, 3.8) is 0 Å². The van der Waals surface area contributed by atoms with Crippen LogP contribution in [0, 0.1) is 5.92 Å². The van der Waals surface area contributed by atoms with Crippen LogP contribution in [0.25, 0.3) is 0 Å². The van der Waals surface area contributed by atoms with Crippen LogP contribution in [0.4, 0.5) is 4.79 Å². The maximum absolute atomic E-state index is 12.5. The van der Waals surface area contributed by atoms with Crippen molar-refractivity contribution in [2.45, 2.75) is 70.6 Å². The zero-order chi connectivity index (χ0) is 20.7. The molecule has 0 radical (unpaired) electrons. The van der Waals surface area contributed by atoms with Crippen molar-refractivity contribution in [3.8, 4) is 0 Å². The number of carboxylic acid groups (broad SMARTS) is 1. The second kappa shape index (κ2) is 9.57. The highest BCUT2D eigenvalue weighted by molar-refractivity contribution is 5.85. The van der Waals surface area contributed by atoms with Gasteiger partial charge in [-0.15, -0.1) is 0 Å². The van der Waals surface area contributed by atoms with Gasteiger partial charge in [-0.05, 0) is 52.0 Å². The Morgan fingerprint density at radius 1 is 1.11 bits per heavy atom. The highest BCUT2D eigenvalue weighted by Gasteiger charge is 2.30. The van der Waals surface area contributed by atoms with Gasteiger partial charge in [0.1, 0.15) is 11.6 Å². The lowest BCUT2D eigenvalue weighted by Crippen LogP contribution is -2.47. The highest BCUT2D eigenvalue weighted by Crippen LogP contribution is 2.25. The second-order valence-electron chi connectivity index (χ2n) is 8.28. The lowest BCUT2D eigenvalue weighted by atomic mass is 9.85. The average Bonchev–Trinajstić information content (AvgIpc) is 2.60. The molecule has 1 aromatic carbocycles. The lowest BCUT2D eigenvalue weighted by Gasteiger charge is -2.30. The number of benzene rings is 1. The van der Waals surface area contributed by atoms with Crippen LogP contribution in [0.3, 0.4) is 0 Å².